The van der Waals surface area contributed by atoms with E-state index in [1.807, 2.05) is 17.8 Å². The zero-order valence-corrected chi connectivity index (χ0v) is 22.9. The van der Waals surface area contributed by atoms with Crippen molar-refractivity contribution >= 4 is 25.3 Å². The zero-order valence-electron chi connectivity index (χ0n) is 21.3. The van der Waals surface area contributed by atoms with Gasteiger partial charge in [0.1, 0.15) is 24.0 Å². The van der Waals surface area contributed by atoms with Crippen molar-refractivity contribution < 1.29 is 38.1 Å². The van der Waals surface area contributed by atoms with Crippen LogP contribution in [0.15, 0.2) is 46.1 Å². The molecule has 2 heterocycles. The lowest BCUT2D eigenvalue weighted by molar-refractivity contribution is -0.150. The van der Waals surface area contributed by atoms with Gasteiger partial charge >= 0.3 is 19.4 Å². The number of halogens is 1. The number of aromatic nitrogens is 2. The van der Waals surface area contributed by atoms with Crippen LogP contribution >= 0.6 is 19.3 Å². The van der Waals surface area contributed by atoms with Gasteiger partial charge in [0.15, 0.2) is 11.8 Å². The van der Waals surface area contributed by atoms with E-state index in [1.54, 1.807) is 6.92 Å². The summed E-state index contributed by atoms with van der Waals surface area (Å²) in [6, 6.07) is 5.63. The maximum absolute atomic E-state index is 13.7. The molecule has 0 bridgehead atoms. The summed E-state index contributed by atoms with van der Waals surface area (Å²) < 4.78 is 36.5. The standard InChI is InChI=1S/C24H29ClN3O10P/c1-5-14(3)36-21(31)15(4)27-39(34,38-17-9-7-16(25)8-10-17)35-13-18-20(30)24(33,6-2)22(37-18)28-12-11-19(29)26-23(28)32/h2,7-12,14-15,18,20,22,30,33H,5,13H2,1,3-4H3,(H,27,34)(H,26,29,32)/t14?,15-,18+,20+,22+,24+,39?/m0/s1. The van der Waals surface area contributed by atoms with Gasteiger partial charge in [0.2, 0.25) is 0 Å². The molecule has 13 nitrogen and oxygen atoms in total. The Kier molecular flexibility index (Phi) is 9.79. The Labute approximate surface area is 228 Å². The summed E-state index contributed by atoms with van der Waals surface area (Å²) in [6.45, 7) is 4.24. The third kappa shape index (κ3) is 7.17. The maximum atomic E-state index is 13.7. The van der Waals surface area contributed by atoms with Gasteiger partial charge in [-0.15, -0.1) is 6.42 Å². The van der Waals surface area contributed by atoms with E-state index < -0.39 is 67.8 Å². The van der Waals surface area contributed by atoms with Crippen molar-refractivity contribution in [2.45, 2.75) is 63.4 Å². The van der Waals surface area contributed by atoms with Crippen LogP contribution in [-0.4, -0.2) is 62.3 Å². The average Bonchev–Trinajstić information content (AvgIpc) is 3.14. The summed E-state index contributed by atoms with van der Waals surface area (Å²) in [5, 5.41) is 24.6. The SMILES string of the molecule is C#C[C@@]1(O)[C@H](O)[C@@H](COP(=O)(N[C@@H](C)C(=O)OC(C)CC)Oc2ccc(Cl)cc2)O[C@H]1n1ccc(=O)[nH]c1=O. The van der Waals surface area contributed by atoms with E-state index in [0.717, 1.165) is 16.8 Å². The van der Waals surface area contributed by atoms with Crippen LogP contribution in [0.2, 0.25) is 5.02 Å². The number of rotatable bonds is 11. The summed E-state index contributed by atoms with van der Waals surface area (Å²) in [7, 11) is -4.39. The van der Waals surface area contributed by atoms with Gasteiger partial charge in [-0.3, -0.25) is 23.7 Å². The summed E-state index contributed by atoms with van der Waals surface area (Å²) in [6.07, 6.45) is 1.76. The van der Waals surface area contributed by atoms with Gasteiger partial charge in [-0.1, -0.05) is 24.4 Å². The molecule has 1 aromatic heterocycles. The van der Waals surface area contributed by atoms with E-state index in [-0.39, 0.29) is 5.75 Å². The van der Waals surface area contributed by atoms with E-state index in [0.29, 0.717) is 11.4 Å². The monoisotopic (exact) mass is 585 g/mol. The summed E-state index contributed by atoms with van der Waals surface area (Å²) in [5.41, 5.74) is -4.09. The molecule has 2 aromatic rings. The van der Waals surface area contributed by atoms with Gasteiger partial charge in [-0.2, -0.15) is 5.09 Å². The number of hydrogen-bond acceptors (Lipinski definition) is 10. The van der Waals surface area contributed by atoms with E-state index in [2.05, 4.69) is 5.09 Å². The van der Waals surface area contributed by atoms with E-state index in [1.165, 1.54) is 31.2 Å². The lowest BCUT2D eigenvalue weighted by Crippen LogP contribution is -2.48. The number of hydrogen-bond donors (Lipinski definition) is 4. The molecule has 1 aliphatic rings. The fraction of sp³-hybridized carbons (Fsp3) is 0.458. The van der Waals surface area contributed by atoms with Crippen LogP contribution < -0.4 is 20.9 Å². The van der Waals surface area contributed by atoms with Crippen LogP contribution in [0, 0.1) is 12.3 Å². The van der Waals surface area contributed by atoms with Crippen molar-refractivity contribution in [3.8, 4) is 18.1 Å². The fourth-order valence-electron chi connectivity index (χ4n) is 3.52. The second-order valence-corrected chi connectivity index (χ2v) is 10.9. The Balaban J connectivity index is 1.84. The van der Waals surface area contributed by atoms with E-state index in [9.17, 15) is 29.2 Å². The molecular weight excluding hydrogens is 557 g/mol. The van der Waals surface area contributed by atoms with Gasteiger partial charge in [-0.25, -0.2) is 9.36 Å². The third-order valence-corrected chi connectivity index (χ3v) is 7.76. The van der Waals surface area contributed by atoms with Gasteiger partial charge in [-0.05, 0) is 44.5 Å². The molecule has 15 heteroatoms. The van der Waals surface area contributed by atoms with Crippen LogP contribution in [0.1, 0.15) is 33.4 Å². The number of esters is 1. The lowest BCUT2D eigenvalue weighted by Gasteiger charge is -2.26. The molecule has 0 saturated carbocycles. The molecule has 0 aliphatic carbocycles. The highest BCUT2D eigenvalue weighted by Crippen LogP contribution is 2.47. The highest BCUT2D eigenvalue weighted by molar-refractivity contribution is 7.52. The van der Waals surface area contributed by atoms with Crippen LogP contribution in [0.3, 0.4) is 0 Å². The predicted molar refractivity (Wildman–Crippen MR) is 139 cm³/mol. The van der Waals surface area contributed by atoms with Crippen molar-refractivity contribution in [2.75, 3.05) is 6.61 Å². The summed E-state index contributed by atoms with van der Waals surface area (Å²) >= 11 is 5.90. The lowest BCUT2D eigenvalue weighted by atomic mass is 9.95. The molecule has 7 atom stereocenters. The van der Waals surface area contributed by atoms with Crippen LogP contribution in [0.4, 0.5) is 0 Å². The first kappa shape index (κ1) is 30.6. The number of carbonyl (C=O) groups is 1. The summed E-state index contributed by atoms with van der Waals surface area (Å²) in [4.78, 5) is 38.2. The second kappa shape index (κ2) is 12.5. The number of aliphatic hydroxyl groups is 2. The normalized spacial score (nSPS) is 25.7. The quantitative estimate of drug-likeness (QED) is 0.170. The van der Waals surface area contributed by atoms with Gasteiger partial charge in [0.25, 0.3) is 5.56 Å². The van der Waals surface area contributed by atoms with Crippen LogP contribution in [-0.2, 0) is 23.4 Å². The van der Waals surface area contributed by atoms with Crippen molar-refractivity contribution in [3.63, 3.8) is 0 Å². The molecule has 39 heavy (non-hydrogen) atoms. The molecular formula is C24H29ClN3O10P. The molecule has 4 N–H and O–H groups in total. The molecule has 2 unspecified atom stereocenters. The number of aromatic amines is 1. The van der Waals surface area contributed by atoms with Gasteiger partial charge in [0.05, 0.1) is 12.7 Å². The Bertz CT molecular complexity index is 1370. The number of H-pyrrole nitrogens is 1. The molecule has 1 saturated heterocycles. The minimum absolute atomic E-state index is 0.0726. The number of aliphatic hydroxyl groups excluding tert-OH is 1. The molecule has 3 rings (SSSR count). The van der Waals surface area contributed by atoms with Crippen molar-refractivity contribution in [1.82, 2.24) is 14.6 Å². The van der Waals surface area contributed by atoms with E-state index >= 15 is 0 Å². The minimum atomic E-state index is -4.39. The van der Waals surface area contributed by atoms with Gasteiger partial charge in [0, 0.05) is 17.3 Å². The number of nitrogens with one attached hydrogen (secondary N) is 2. The van der Waals surface area contributed by atoms with E-state index in [4.69, 9.17) is 36.5 Å². The van der Waals surface area contributed by atoms with Crippen molar-refractivity contribution in [2.24, 2.45) is 0 Å². The zero-order chi connectivity index (χ0) is 29.0. The molecule has 0 amide bonds. The summed E-state index contributed by atoms with van der Waals surface area (Å²) in [5.74, 6) is 1.36. The number of benzene rings is 1. The number of carbonyl (C=O) groups excluding carboxylic acids is 1. The smallest absolute Gasteiger partial charge is 0.459 e. The Morgan fingerprint density at radius 2 is 2.00 bits per heavy atom. The maximum Gasteiger partial charge on any atom is 0.459 e. The Hall–Kier alpha value is -2.95. The molecule has 0 radical (unpaired) electrons. The third-order valence-electron chi connectivity index (χ3n) is 5.86. The molecule has 1 fully saturated rings. The van der Waals surface area contributed by atoms with Gasteiger partial charge < -0.3 is 24.2 Å². The first-order valence-corrected chi connectivity index (χ1v) is 13.8. The highest BCUT2D eigenvalue weighted by Gasteiger charge is 2.56. The first-order chi connectivity index (χ1) is 18.3. The Morgan fingerprint density at radius 3 is 2.59 bits per heavy atom. The van der Waals surface area contributed by atoms with Crippen LogP contribution in [0.25, 0.3) is 0 Å². The highest BCUT2D eigenvalue weighted by atomic mass is 35.5. The largest absolute Gasteiger partial charge is 0.462 e. The number of ether oxygens (including phenoxy) is 2. The minimum Gasteiger partial charge on any atom is -0.462 e. The topological polar surface area (TPSA) is 178 Å². The number of terminal acetylenes is 1. The number of nitrogens with zero attached hydrogens (tertiary/aromatic N) is 1. The average molecular weight is 586 g/mol. The molecule has 212 valence electrons. The Morgan fingerprint density at radius 1 is 1.33 bits per heavy atom. The van der Waals surface area contributed by atoms with Crippen LogP contribution in [0.5, 0.6) is 5.75 Å². The van der Waals surface area contributed by atoms with Crippen molar-refractivity contribution in [3.05, 3.63) is 62.4 Å². The molecule has 1 aliphatic heterocycles. The predicted octanol–water partition coefficient (Wildman–Crippen LogP) is 1.34. The molecule has 0 spiro atoms. The fourth-order valence-corrected chi connectivity index (χ4v) is 5.15. The second-order valence-electron chi connectivity index (χ2n) is 8.80. The first-order valence-electron chi connectivity index (χ1n) is 11.8. The molecule has 1 aromatic carbocycles. The van der Waals surface area contributed by atoms with Crippen molar-refractivity contribution in [1.29, 1.82) is 0 Å².